The Hall–Kier alpha value is -3.59. The van der Waals surface area contributed by atoms with Crippen molar-refractivity contribution >= 4 is 27.3 Å². The van der Waals surface area contributed by atoms with E-state index in [-0.39, 0.29) is 10.6 Å². The third kappa shape index (κ3) is 4.52. The molecule has 0 radical (unpaired) electrons. The fraction of sp³-hybridized carbons (Fsp3) is 0.174. The van der Waals surface area contributed by atoms with Crippen LogP contribution in [0.1, 0.15) is 5.56 Å². The van der Waals surface area contributed by atoms with Crippen LogP contribution in [-0.2, 0) is 14.8 Å². The first-order valence-corrected chi connectivity index (χ1v) is 11.3. The Labute approximate surface area is 185 Å². The van der Waals surface area contributed by atoms with Gasteiger partial charge in [-0.2, -0.15) is 0 Å². The van der Waals surface area contributed by atoms with E-state index in [9.17, 15) is 17.6 Å². The number of nitrogens with zero attached hydrogens (tertiary/aromatic N) is 1. The molecule has 0 spiro atoms. The Kier molecular flexibility index (Phi) is 6.00. The van der Waals surface area contributed by atoms with E-state index in [1.165, 1.54) is 30.3 Å². The van der Waals surface area contributed by atoms with Gasteiger partial charge >= 0.3 is 0 Å². The number of para-hydroxylation sites is 1. The number of amides is 1. The van der Waals surface area contributed by atoms with E-state index in [2.05, 4.69) is 5.32 Å². The standard InChI is InChI=1S/C23H21FN2O5S/c1-16-4-2-3-5-20(16)25-23(27)15-26(18-8-6-17(24)7-9-18)32(28,29)19-10-11-21-22(14-19)31-13-12-30-21/h2-11,14H,12-13,15H2,1H3,(H,25,27). The maximum atomic E-state index is 13.5. The number of rotatable bonds is 6. The lowest BCUT2D eigenvalue weighted by atomic mass is 10.2. The molecule has 3 aromatic rings. The first kappa shape index (κ1) is 21.6. The van der Waals surface area contributed by atoms with Gasteiger partial charge in [-0.3, -0.25) is 9.10 Å². The number of benzene rings is 3. The number of aryl methyl sites for hydroxylation is 1. The Balaban J connectivity index is 1.68. The van der Waals surface area contributed by atoms with E-state index in [0.717, 1.165) is 22.0 Å². The van der Waals surface area contributed by atoms with Crippen molar-refractivity contribution in [1.82, 2.24) is 0 Å². The molecule has 1 heterocycles. The molecule has 1 N–H and O–H groups in total. The largest absolute Gasteiger partial charge is 0.486 e. The molecule has 9 heteroatoms. The molecule has 0 unspecified atom stereocenters. The SMILES string of the molecule is Cc1ccccc1NC(=O)CN(c1ccc(F)cc1)S(=O)(=O)c1ccc2c(c1)OCCO2. The van der Waals surface area contributed by atoms with E-state index < -0.39 is 28.3 Å². The van der Waals surface area contributed by atoms with E-state index >= 15 is 0 Å². The smallest absolute Gasteiger partial charge is 0.264 e. The van der Waals surface area contributed by atoms with Gasteiger partial charge < -0.3 is 14.8 Å². The summed E-state index contributed by atoms with van der Waals surface area (Å²) in [5.41, 5.74) is 1.57. The predicted molar refractivity (Wildman–Crippen MR) is 118 cm³/mol. The maximum Gasteiger partial charge on any atom is 0.264 e. The second-order valence-corrected chi connectivity index (χ2v) is 9.02. The van der Waals surface area contributed by atoms with Crippen LogP contribution in [0.3, 0.4) is 0 Å². The average Bonchev–Trinajstić information content (AvgIpc) is 2.79. The van der Waals surface area contributed by atoms with Crippen molar-refractivity contribution in [3.05, 3.63) is 78.1 Å². The van der Waals surface area contributed by atoms with Crippen LogP contribution in [0, 0.1) is 12.7 Å². The van der Waals surface area contributed by atoms with Crippen LogP contribution in [0.5, 0.6) is 11.5 Å². The van der Waals surface area contributed by atoms with Gasteiger partial charge in [-0.15, -0.1) is 0 Å². The van der Waals surface area contributed by atoms with E-state index in [1.807, 2.05) is 19.1 Å². The fourth-order valence-corrected chi connectivity index (χ4v) is 4.70. The minimum atomic E-state index is -4.18. The molecule has 32 heavy (non-hydrogen) atoms. The maximum absolute atomic E-state index is 13.5. The number of ether oxygens (including phenoxy) is 2. The normalized spacial score (nSPS) is 12.8. The molecule has 166 valence electrons. The van der Waals surface area contributed by atoms with Crippen LogP contribution in [0.2, 0.25) is 0 Å². The summed E-state index contributed by atoms with van der Waals surface area (Å²) in [4.78, 5) is 12.7. The summed E-state index contributed by atoms with van der Waals surface area (Å²) in [6.07, 6.45) is 0. The molecule has 0 fully saturated rings. The Morgan fingerprint density at radius 2 is 1.69 bits per heavy atom. The average molecular weight is 456 g/mol. The number of nitrogens with one attached hydrogen (secondary N) is 1. The van der Waals surface area contributed by atoms with Crippen molar-refractivity contribution in [1.29, 1.82) is 0 Å². The summed E-state index contributed by atoms with van der Waals surface area (Å²) >= 11 is 0. The summed E-state index contributed by atoms with van der Waals surface area (Å²) < 4.78 is 52.4. The lowest BCUT2D eigenvalue weighted by molar-refractivity contribution is -0.114. The lowest BCUT2D eigenvalue weighted by Crippen LogP contribution is -2.38. The third-order valence-electron chi connectivity index (χ3n) is 4.92. The van der Waals surface area contributed by atoms with Crippen LogP contribution < -0.4 is 19.1 Å². The molecule has 0 bridgehead atoms. The minimum Gasteiger partial charge on any atom is -0.486 e. The Morgan fingerprint density at radius 3 is 2.41 bits per heavy atom. The van der Waals surface area contributed by atoms with Crippen molar-refractivity contribution in [3.8, 4) is 11.5 Å². The van der Waals surface area contributed by atoms with Crippen molar-refractivity contribution in [2.24, 2.45) is 0 Å². The van der Waals surface area contributed by atoms with Gasteiger partial charge in [0, 0.05) is 11.8 Å². The number of carbonyl (C=O) groups excluding carboxylic acids is 1. The molecule has 0 saturated heterocycles. The van der Waals surface area contributed by atoms with Crippen molar-refractivity contribution < 1.29 is 27.1 Å². The van der Waals surface area contributed by atoms with Crippen molar-refractivity contribution in [3.63, 3.8) is 0 Å². The number of halogens is 1. The van der Waals surface area contributed by atoms with Crippen LogP contribution in [0.4, 0.5) is 15.8 Å². The van der Waals surface area contributed by atoms with Gasteiger partial charge in [-0.1, -0.05) is 18.2 Å². The van der Waals surface area contributed by atoms with Gasteiger partial charge in [0.05, 0.1) is 10.6 Å². The van der Waals surface area contributed by atoms with E-state index in [4.69, 9.17) is 9.47 Å². The molecule has 0 aliphatic carbocycles. The topological polar surface area (TPSA) is 84.9 Å². The van der Waals surface area contributed by atoms with Crippen LogP contribution >= 0.6 is 0 Å². The van der Waals surface area contributed by atoms with E-state index in [0.29, 0.717) is 30.4 Å². The first-order chi connectivity index (χ1) is 15.3. The van der Waals surface area contributed by atoms with Gasteiger partial charge in [0.1, 0.15) is 25.6 Å². The molecule has 1 amide bonds. The molecule has 3 aromatic carbocycles. The Bertz CT molecular complexity index is 1250. The summed E-state index contributed by atoms with van der Waals surface area (Å²) in [5, 5.41) is 2.73. The quantitative estimate of drug-likeness (QED) is 0.611. The van der Waals surface area contributed by atoms with E-state index in [1.54, 1.807) is 12.1 Å². The highest BCUT2D eigenvalue weighted by Crippen LogP contribution is 2.34. The molecular formula is C23H21FN2O5S. The predicted octanol–water partition coefficient (Wildman–Crippen LogP) is 3.74. The third-order valence-corrected chi connectivity index (χ3v) is 6.69. The molecule has 0 saturated carbocycles. The molecule has 0 aromatic heterocycles. The summed E-state index contributed by atoms with van der Waals surface area (Å²) in [5.74, 6) is -0.305. The highest BCUT2D eigenvalue weighted by molar-refractivity contribution is 7.92. The molecular weight excluding hydrogens is 435 g/mol. The number of sulfonamides is 1. The van der Waals surface area contributed by atoms with Gasteiger partial charge in [0.2, 0.25) is 5.91 Å². The van der Waals surface area contributed by atoms with Gasteiger partial charge in [-0.05, 0) is 55.0 Å². The molecule has 7 nitrogen and oxygen atoms in total. The summed E-state index contributed by atoms with van der Waals surface area (Å²) in [6.45, 7) is 2.01. The van der Waals surface area contributed by atoms with Crippen LogP contribution in [0.15, 0.2) is 71.6 Å². The number of hydrogen-bond donors (Lipinski definition) is 1. The van der Waals surface area contributed by atoms with Gasteiger partial charge in [-0.25, -0.2) is 12.8 Å². The zero-order valence-electron chi connectivity index (χ0n) is 17.2. The number of carbonyl (C=O) groups is 1. The monoisotopic (exact) mass is 456 g/mol. The second kappa shape index (κ2) is 8.88. The van der Waals surface area contributed by atoms with Crippen LogP contribution in [0.25, 0.3) is 0 Å². The Morgan fingerprint density at radius 1 is 1.00 bits per heavy atom. The zero-order chi connectivity index (χ0) is 22.7. The van der Waals surface area contributed by atoms with Gasteiger partial charge in [0.25, 0.3) is 10.0 Å². The first-order valence-electron chi connectivity index (χ1n) is 9.88. The summed E-state index contributed by atoms with van der Waals surface area (Å²) in [7, 11) is -4.18. The zero-order valence-corrected chi connectivity index (χ0v) is 18.1. The van der Waals surface area contributed by atoms with Crippen LogP contribution in [-0.4, -0.2) is 34.1 Å². The van der Waals surface area contributed by atoms with Gasteiger partial charge in [0.15, 0.2) is 11.5 Å². The molecule has 0 atom stereocenters. The molecule has 1 aliphatic heterocycles. The lowest BCUT2D eigenvalue weighted by Gasteiger charge is -2.25. The summed E-state index contributed by atoms with van der Waals surface area (Å²) in [6, 6.07) is 16.3. The highest BCUT2D eigenvalue weighted by Gasteiger charge is 2.29. The fourth-order valence-electron chi connectivity index (χ4n) is 3.27. The number of fused-ring (bicyclic) bond motifs is 1. The van der Waals surface area contributed by atoms with Crippen molar-refractivity contribution in [2.45, 2.75) is 11.8 Å². The minimum absolute atomic E-state index is 0.0743. The number of hydrogen-bond acceptors (Lipinski definition) is 5. The van der Waals surface area contributed by atoms with Crippen molar-refractivity contribution in [2.75, 3.05) is 29.4 Å². The number of anilines is 2. The molecule has 4 rings (SSSR count). The molecule has 1 aliphatic rings. The second-order valence-electron chi connectivity index (χ2n) is 7.16. The highest BCUT2D eigenvalue weighted by atomic mass is 32.2.